The van der Waals surface area contributed by atoms with Crippen LogP contribution in [0.25, 0.3) is 0 Å². The van der Waals surface area contributed by atoms with E-state index < -0.39 is 90.1 Å². The SMILES string of the molecule is CC1(C)C(C=C2C(=O)C(C=C3N(CCCS(=O)(=O)O)c4ccc(S(=O)(=O)O)cc4[C@@]3(C)CCCCC(=O)O)=C2[O-])=[N+](CCCS(=O)(=O)[O-])c2ccc(S(=O)(=O)[O-])cc21. The molecular weight excluding hydrogens is 845 g/mol. The Bertz CT molecular complexity index is 2680. The van der Waals surface area contributed by atoms with Gasteiger partial charge in [0.15, 0.2) is 11.5 Å². The van der Waals surface area contributed by atoms with E-state index in [0.29, 0.717) is 22.5 Å². The van der Waals surface area contributed by atoms with Gasteiger partial charge in [-0.25, -0.2) is 16.8 Å². The summed E-state index contributed by atoms with van der Waals surface area (Å²) in [5.74, 6) is -4.03. The molecule has 22 heteroatoms. The summed E-state index contributed by atoms with van der Waals surface area (Å²) in [5, 5.41) is 23.2. The number of benzene rings is 2. The van der Waals surface area contributed by atoms with Crippen LogP contribution < -0.4 is 10.0 Å². The number of ketones is 1. The molecule has 0 aromatic heterocycles. The van der Waals surface area contributed by atoms with Crippen LogP contribution in [0.2, 0.25) is 0 Å². The van der Waals surface area contributed by atoms with E-state index in [1.54, 1.807) is 25.7 Å². The molecule has 1 atom stereocenters. The van der Waals surface area contributed by atoms with Crippen molar-refractivity contribution in [2.75, 3.05) is 29.5 Å². The van der Waals surface area contributed by atoms with Gasteiger partial charge in [-0.05, 0) is 82.0 Å². The first-order valence-corrected chi connectivity index (χ1v) is 23.8. The van der Waals surface area contributed by atoms with E-state index in [0.717, 1.165) is 18.2 Å². The van der Waals surface area contributed by atoms with E-state index >= 15 is 0 Å². The Kier molecular flexibility index (Phi) is 12.1. The topological polar surface area (TPSA) is 307 Å². The van der Waals surface area contributed by atoms with Crippen LogP contribution in [-0.4, -0.2) is 104 Å². The molecule has 0 spiro atoms. The van der Waals surface area contributed by atoms with Crippen molar-refractivity contribution >= 4 is 69.3 Å². The number of nitrogens with zero attached hydrogens (tertiary/aromatic N) is 2. The van der Waals surface area contributed by atoms with Gasteiger partial charge < -0.3 is 24.2 Å². The van der Waals surface area contributed by atoms with Crippen LogP contribution in [0.1, 0.15) is 70.4 Å². The largest absolute Gasteiger partial charge is 0.871 e. The van der Waals surface area contributed by atoms with Gasteiger partial charge in [0.1, 0.15) is 16.7 Å². The van der Waals surface area contributed by atoms with Gasteiger partial charge in [-0.1, -0.05) is 12.2 Å². The summed E-state index contributed by atoms with van der Waals surface area (Å²) in [5.41, 5.74) is -1.31. The summed E-state index contributed by atoms with van der Waals surface area (Å²) in [4.78, 5) is 25.8. The van der Waals surface area contributed by atoms with Crippen LogP contribution in [0.4, 0.5) is 11.4 Å². The van der Waals surface area contributed by atoms with Crippen molar-refractivity contribution in [2.45, 2.75) is 79.9 Å². The number of fused-ring (bicyclic) bond motifs is 2. The second-order valence-corrected chi connectivity index (χ2v) is 20.8. The van der Waals surface area contributed by atoms with E-state index in [-0.39, 0.29) is 74.2 Å². The maximum Gasteiger partial charge on any atom is 0.303 e. The minimum Gasteiger partial charge on any atom is -0.871 e. The zero-order valence-electron chi connectivity index (χ0n) is 31.4. The molecule has 3 aliphatic rings. The number of anilines is 1. The molecule has 0 fully saturated rings. The summed E-state index contributed by atoms with van der Waals surface area (Å²) in [6.07, 6.45) is 2.56. The average Bonchev–Trinajstić information content (AvgIpc) is 3.44. The zero-order chi connectivity index (χ0) is 43.4. The van der Waals surface area contributed by atoms with Gasteiger partial charge in [-0.3, -0.25) is 18.7 Å². The molecule has 0 saturated heterocycles. The molecule has 2 aliphatic heterocycles. The Morgan fingerprint density at radius 3 is 2.05 bits per heavy atom. The number of Topliss-reactive ketones (excluding diaryl/α,β-unsaturated/α-hetero) is 1. The van der Waals surface area contributed by atoms with Crippen LogP contribution in [0, 0.1) is 0 Å². The highest BCUT2D eigenvalue weighted by molar-refractivity contribution is 7.86. The van der Waals surface area contributed by atoms with Crippen molar-refractivity contribution in [3.8, 4) is 0 Å². The summed E-state index contributed by atoms with van der Waals surface area (Å²) in [7, 11) is -18.7. The number of carbonyl (C=O) groups is 2. The first kappa shape index (κ1) is 44.8. The van der Waals surface area contributed by atoms with E-state index in [1.807, 2.05) is 0 Å². The number of hydrogen-bond acceptors (Lipinski definition) is 14. The number of aliphatic carboxylic acids is 1. The molecule has 2 aromatic rings. The lowest BCUT2D eigenvalue weighted by Gasteiger charge is -2.34. The van der Waals surface area contributed by atoms with Crippen LogP contribution >= 0.6 is 0 Å². The summed E-state index contributed by atoms with van der Waals surface area (Å²) in [6.45, 7) is 4.67. The first-order valence-electron chi connectivity index (χ1n) is 17.7. The quantitative estimate of drug-likeness (QED) is 0.0883. The molecule has 1 aliphatic carbocycles. The number of allylic oxidation sites excluding steroid dienone is 5. The second-order valence-electron chi connectivity index (χ2n) is 14.9. The highest BCUT2D eigenvalue weighted by atomic mass is 32.2. The minimum absolute atomic E-state index is 0.119. The fourth-order valence-electron chi connectivity index (χ4n) is 7.70. The number of carbonyl (C=O) groups excluding carboxylic acids is 1. The van der Waals surface area contributed by atoms with E-state index in [2.05, 4.69) is 0 Å². The molecule has 2 heterocycles. The summed E-state index contributed by atoms with van der Waals surface area (Å²) in [6, 6.07) is 7.19. The summed E-state index contributed by atoms with van der Waals surface area (Å²) < 4.78 is 138. The van der Waals surface area contributed by atoms with Crippen molar-refractivity contribution in [2.24, 2.45) is 0 Å². The molecule has 58 heavy (non-hydrogen) atoms. The van der Waals surface area contributed by atoms with Crippen molar-refractivity contribution in [3.05, 3.63) is 82.3 Å². The maximum absolute atomic E-state index is 14.0. The molecule has 0 bridgehead atoms. The standard InChI is InChI=1S/C36H42N2O16S4/c1-35(2)26-18-22(57(49,50)51)9-11-28(26)37(14-6-16-55(43,44)45)30(35)20-24-33(41)25(34(24)42)21-31-36(3,13-5-4-8-32(39)40)27-19-23(58(52,53)54)10-12-29(27)38(31)15-7-17-56(46,47)48/h9-12,18-21H,4-8,13-17H2,1-3H3,(H5-,39,40,41,42,43,44,45,46,47,48,49,50,51,52,53,54)/p-2/t36-/m1/s1. The molecule has 3 N–H and O–H groups in total. The van der Waals surface area contributed by atoms with Crippen LogP contribution in [0.5, 0.6) is 0 Å². The van der Waals surface area contributed by atoms with Crippen molar-refractivity contribution in [1.29, 1.82) is 0 Å². The van der Waals surface area contributed by atoms with Gasteiger partial charge in [0.2, 0.25) is 5.69 Å². The number of rotatable bonds is 17. The van der Waals surface area contributed by atoms with E-state index in [1.165, 1.54) is 34.9 Å². The molecule has 5 rings (SSSR count). The molecule has 0 saturated carbocycles. The van der Waals surface area contributed by atoms with Crippen LogP contribution in [-0.2, 0) is 60.9 Å². The van der Waals surface area contributed by atoms with Gasteiger partial charge in [0.05, 0.1) is 31.1 Å². The number of hydrogen-bond donors (Lipinski definition) is 3. The van der Waals surface area contributed by atoms with Crippen molar-refractivity contribution in [1.82, 2.24) is 0 Å². The molecule has 316 valence electrons. The molecule has 0 unspecified atom stereocenters. The van der Waals surface area contributed by atoms with Crippen LogP contribution in [0.3, 0.4) is 0 Å². The van der Waals surface area contributed by atoms with Crippen molar-refractivity contribution < 1.29 is 76.3 Å². The third-order valence-corrected chi connectivity index (χ3v) is 13.9. The lowest BCUT2D eigenvalue weighted by molar-refractivity contribution is -0.437. The Hall–Kier alpha value is -4.29. The average molecular weight is 885 g/mol. The number of carboxylic acids is 1. The molecular formula is C36H40N2O16S4-2. The number of carboxylic acid groups (broad SMARTS) is 1. The number of unbranched alkanes of at least 4 members (excludes halogenated alkanes) is 1. The monoisotopic (exact) mass is 884 g/mol. The van der Waals surface area contributed by atoms with Gasteiger partial charge in [0.25, 0.3) is 20.2 Å². The minimum atomic E-state index is -4.91. The first-order chi connectivity index (χ1) is 26.6. The third-order valence-electron chi connectivity index (χ3n) is 10.6. The Labute approximate surface area is 335 Å². The molecule has 0 radical (unpaired) electrons. The lowest BCUT2D eigenvalue weighted by atomic mass is 9.75. The van der Waals surface area contributed by atoms with E-state index in [4.69, 9.17) is 0 Å². The van der Waals surface area contributed by atoms with Gasteiger partial charge >= 0.3 is 5.97 Å². The molecule has 0 amide bonds. The summed E-state index contributed by atoms with van der Waals surface area (Å²) >= 11 is 0. The van der Waals surface area contributed by atoms with Crippen molar-refractivity contribution in [3.63, 3.8) is 0 Å². The van der Waals surface area contributed by atoms with Crippen LogP contribution in [0.15, 0.2) is 80.9 Å². The Balaban J connectivity index is 1.66. The highest BCUT2D eigenvalue weighted by Gasteiger charge is 2.47. The normalized spacial score (nSPS) is 20.9. The second kappa shape index (κ2) is 15.7. The fourth-order valence-corrected chi connectivity index (χ4v) is 9.68. The smallest absolute Gasteiger partial charge is 0.303 e. The Morgan fingerprint density at radius 1 is 0.845 bits per heavy atom. The fraction of sp³-hybridized carbons (Fsp3) is 0.417. The molecule has 2 aromatic carbocycles. The van der Waals surface area contributed by atoms with Gasteiger partial charge in [0, 0.05) is 70.8 Å². The highest BCUT2D eigenvalue weighted by Crippen LogP contribution is 2.52. The Morgan fingerprint density at radius 2 is 1.48 bits per heavy atom. The lowest BCUT2D eigenvalue weighted by Crippen LogP contribution is -2.36. The van der Waals surface area contributed by atoms with E-state index in [9.17, 15) is 71.7 Å². The maximum atomic E-state index is 14.0. The zero-order valence-corrected chi connectivity index (χ0v) is 34.6. The predicted octanol–water partition coefficient (Wildman–Crippen LogP) is 1.86. The third kappa shape index (κ3) is 9.28. The van der Waals surface area contributed by atoms with Gasteiger partial charge in [-0.15, -0.1) is 0 Å². The molecule has 18 nitrogen and oxygen atoms in total. The predicted molar refractivity (Wildman–Crippen MR) is 203 cm³/mol. The van der Waals surface area contributed by atoms with Gasteiger partial charge in [-0.2, -0.15) is 21.4 Å².